The lowest BCUT2D eigenvalue weighted by atomic mass is 9.92. The van der Waals surface area contributed by atoms with Crippen LogP contribution in [0.5, 0.6) is 0 Å². The highest BCUT2D eigenvalue weighted by Crippen LogP contribution is 2.25. The molecular weight excluding hydrogens is 365 g/mol. The molecule has 1 atom stereocenters. The highest BCUT2D eigenvalue weighted by Gasteiger charge is 2.35. The van der Waals surface area contributed by atoms with E-state index in [9.17, 15) is 12.8 Å². The second kappa shape index (κ2) is 8.06. The molecule has 0 amide bonds. The van der Waals surface area contributed by atoms with Gasteiger partial charge in [0.05, 0.1) is 10.4 Å². The number of hydrogen-bond acceptors (Lipinski definition) is 4. The molecular formula is C20H26FN3O2S. The van der Waals surface area contributed by atoms with E-state index in [4.69, 9.17) is 0 Å². The second-order valence-corrected chi connectivity index (χ2v) is 9.02. The third-order valence-corrected chi connectivity index (χ3v) is 6.64. The van der Waals surface area contributed by atoms with Crippen molar-refractivity contribution < 1.29 is 12.8 Å². The molecule has 1 fully saturated rings. The van der Waals surface area contributed by atoms with E-state index in [1.165, 1.54) is 12.1 Å². The Labute approximate surface area is 160 Å². The molecule has 1 aliphatic rings. The summed E-state index contributed by atoms with van der Waals surface area (Å²) in [6.07, 6.45) is 0. The van der Waals surface area contributed by atoms with Crippen molar-refractivity contribution in [1.82, 2.24) is 14.5 Å². The van der Waals surface area contributed by atoms with Gasteiger partial charge in [-0.05, 0) is 43.8 Å². The van der Waals surface area contributed by atoms with Crippen molar-refractivity contribution in [2.75, 3.05) is 39.8 Å². The quantitative estimate of drug-likeness (QED) is 0.821. The van der Waals surface area contributed by atoms with Gasteiger partial charge in [-0.1, -0.05) is 30.3 Å². The smallest absolute Gasteiger partial charge is 0.241 e. The summed E-state index contributed by atoms with van der Waals surface area (Å²) >= 11 is 0. The molecule has 0 radical (unpaired) electrons. The Balaban J connectivity index is 1.89. The summed E-state index contributed by atoms with van der Waals surface area (Å²) in [7, 11) is -1.71. The van der Waals surface area contributed by atoms with Crippen molar-refractivity contribution in [3.63, 3.8) is 0 Å². The van der Waals surface area contributed by atoms with Crippen LogP contribution in [0, 0.1) is 5.82 Å². The van der Waals surface area contributed by atoms with Crippen molar-refractivity contribution in [2.24, 2.45) is 0 Å². The van der Waals surface area contributed by atoms with E-state index >= 15 is 0 Å². The Bertz CT molecular complexity index is 851. The Kier molecular flexibility index (Phi) is 5.95. The molecule has 5 nitrogen and oxygen atoms in total. The van der Waals surface area contributed by atoms with E-state index in [0.717, 1.165) is 43.9 Å². The molecule has 27 heavy (non-hydrogen) atoms. The van der Waals surface area contributed by atoms with Crippen molar-refractivity contribution in [2.45, 2.75) is 17.4 Å². The van der Waals surface area contributed by atoms with Gasteiger partial charge < -0.3 is 4.90 Å². The zero-order valence-electron chi connectivity index (χ0n) is 15.7. The molecule has 2 aromatic carbocycles. The first-order valence-corrected chi connectivity index (χ1v) is 10.5. The zero-order chi connectivity index (χ0) is 19.5. The molecule has 0 spiro atoms. The number of halogens is 1. The Hall–Kier alpha value is -1.80. The van der Waals surface area contributed by atoms with Gasteiger partial charge in [0.1, 0.15) is 5.82 Å². The molecule has 1 heterocycles. The van der Waals surface area contributed by atoms with Crippen LogP contribution in [0.4, 0.5) is 4.39 Å². The number of benzene rings is 2. The highest BCUT2D eigenvalue weighted by atomic mass is 32.2. The van der Waals surface area contributed by atoms with Gasteiger partial charge in [0.2, 0.25) is 10.0 Å². The molecule has 1 N–H and O–H groups in total. The predicted molar refractivity (Wildman–Crippen MR) is 104 cm³/mol. The lowest BCUT2D eigenvalue weighted by Gasteiger charge is -2.40. The van der Waals surface area contributed by atoms with Crippen LogP contribution >= 0.6 is 0 Å². The fourth-order valence-corrected chi connectivity index (χ4v) is 4.80. The SMILES string of the molecule is CN1CCN(CC(C)(NS(=O)(=O)c2ccc(F)cc2)c2ccccc2)CC1. The summed E-state index contributed by atoms with van der Waals surface area (Å²) < 4.78 is 42.0. The van der Waals surface area contributed by atoms with Gasteiger partial charge in [-0.15, -0.1) is 0 Å². The normalized spacial score (nSPS) is 18.9. The first kappa shape index (κ1) is 19.9. The van der Waals surface area contributed by atoms with Crippen LogP contribution in [0.1, 0.15) is 12.5 Å². The highest BCUT2D eigenvalue weighted by molar-refractivity contribution is 7.89. The maximum atomic E-state index is 13.2. The minimum Gasteiger partial charge on any atom is -0.304 e. The van der Waals surface area contributed by atoms with E-state index in [1.807, 2.05) is 37.3 Å². The van der Waals surface area contributed by atoms with Gasteiger partial charge in [0.15, 0.2) is 0 Å². The number of nitrogens with one attached hydrogen (secondary N) is 1. The number of likely N-dealkylation sites (N-methyl/N-ethyl adjacent to an activating group) is 1. The zero-order valence-corrected chi connectivity index (χ0v) is 16.5. The Morgan fingerprint density at radius 1 is 1.00 bits per heavy atom. The summed E-state index contributed by atoms with van der Waals surface area (Å²) in [5.41, 5.74) is 0.0966. The van der Waals surface area contributed by atoms with Crippen LogP contribution in [-0.2, 0) is 15.6 Å². The second-order valence-electron chi connectivity index (χ2n) is 7.34. The van der Waals surface area contributed by atoms with Gasteiger partial charge in [-0.25, -0.2) is 12.8 Å². The fourth-order valence-electron chi connectivity index (χ4n) is 3.41. The molecule has 0 bridgehead atoms. The van der Waals surface area contributed by atoms with Crippen LogP contribution in [0.15, 0.2) is 59.5 Å². The van der Waals surface area contributed by atoms with Gasteiger partial charge >= 0.3 is 0 Å². The predicted octanol–water partition coefficient (Wildman–Crippen LogP) is 2.27. The van der Waals surface area contributed by atoms with E-state index in [-0.39, 0.29) is 4.90 Å². The van der Waals surface area contributed by atoms with Crippen LogP contribution in [-0.4, -0.2) is 58.0 Å². The summed E-state index contributed by atoms with van der Waals surface area (Å²) in [5.74, 6) is -0.461. The third kappa shape index (κ3) is 4.93. The monoisotopic (exact) mass is 391 g/mol. The van der Waals surface area contributed by atoms with Crippen molar-refractivity contribution >= 4 is 10.0 Å². The maximum Gasteiger partial charge on any atom is 0.241 e. The van der Waals surface area contributed by atoms with Gasteiger partial charge in [0, 0.05) is 32.7 Å². The number of nitrogens with zero attached hydrogens (tertiary/aromatic N) is 2. The first-order chi connectivity index (χ1) is 12.8. The molecule has 1 unspecified atom stereocenters. The topological polar surface area (TPSA) is 52.6 Å². The first-order valence-electron chi connectivity index (χ1n) is 9.04. The summed E-state index contributed by atoms with van der Waals surface area (Å²) in [5, 5.41) is 0. The molecule has 3 rings (SSSR count). The molecule has 0 aliphatic carbocycles. The van der Waals surface area contributed by atoms with Gasteiger partial charge in [-0.2, -0.15) is 4.72 Å². The minimum atomic E-state index is -3.80. The summed E-state index contributed by atoms with van der Waals surface area (Å²) in [4.78, 5) is 4.60. The van der Waals surface area contributed by atoms with Gasteiger partial charge in [0.25, 0.3) is 0 Å². The van der Waals surface area contributed by atoms with E-state index in [0.29, 0.717) is 6.54 Å². The van der Waals surface area contributed by atoms with E-state index < -0.39 is 21.4 Å². The molecule has 1 saturated heterocycles. The maximum absolute atomic E-state index is 13.2. The van der Waals surface area contributed by atoms with Crippen molar-refractivity contribution in [1.29, 1.82) is 0 Å². The third-order valence-electron chi connectivity index (χ3n) is 5.03. The summed E-state index contributed by atoms with van der Waals surface area (Å²) in [6.45, 7) is 6.15. The average molecular weight is 392 g/mol. The van der Waals surface area contributed by atoms with Crippen molar-refractivity contribution in [3.8, 4) is 0 Å². The van der Waals surface area contributed by atoms with Crippen LogP contribution in [0.25, 0.3) is 0 Å². The van der Waals surface area contributed by atoms with Crippen LogP contribution in [0.2, 0.25) is 0 Å². The number of hydrogen-bond donors (Lipinski definition) is 1. The standard InChI is InChI=1S/C20H26FN3O2S/c1-20(17-6-4-3-5-7-17,16-24-14-12-23(2)13-15-24)22-27(25,26)19-10-8-18(21)9-11-19/h3-11,22H,12-16H2,1-2H3. The minimum absolute atomic E-state index is 0.0597. The Morgan fingerprint density at radius 3 is 2.19 bits per heavy atom. The largest absolute Gasteiger partial charge is 0.304 e. The molecule has 146 valence electrons. The van der Waals surface area contributed by atoms with Crippen LogP contribution < -0.4 is 4.72 Å². The van der Waals surface area contributed by atoms with Crippen molar-refractivity contribution in [3.05, 3.63) is 66.0 Å². The average Bonchev–Trinajstić information content (AvgIpc) is 2.64. The lowest BCUT2D eigenvalue weighted by molar-refractivity contribution is 0.125. The fraction of sp³-hybridized carbons (Fsp3) is 0.400. The number of rotatable bonds is 6. The molecule has 7 heteroatoms. The van der Waals surface area contributed by atoms with Gasteiger partial charge in [-0.3, -0.25) is 4.90 Å². The van der Waals surface area contributed by atoms with E-state index in [2.05, 4.69) is 21.6 Å². The molecule has 0 saturated carbocycles. The van der Waals surface area contributed by atoms with Crippen LogP contribution in [0.3, 0.4) is 0 Å². The molecule has 1 aliphatic heterocycles. The molecule has 0 aromatic heterocycles. The number of piperazine rings is 1. The number of sulfonamides is 1. The lowest BCUT2D eigenvalue weighted by Crippen LogP contribution is -2.55. The molecule has 2 aromatic rings. The Morgan fingerprint density at radius 2 is 1.59 bits per heavy atom. The summed E-state index contributed by atoms with van der Waals surface area (Å²) in [6, 6.07) is 14.5. The van der Waals surface area contributed by atoms with E-state index in [1.54, 1.807) is 0 Å².